The number of benzene rings is 1. The highest BCUT2D eigenvalue weighted by atomic mass is 79.9. The van der Waals surface area contributed by atoms with Crippen LogP contribution in [0.25, 0.3) is 11.1 Å². The number of thiophene rings is 1. The molecule has 1 atom stereocenters. The number of amides is 1. The van der Waals surface area contributed by atoms with Crippen molar-refractivity contribution in [2.75, 3.05) is 7.05 Å². The minimum Gasteiger partial charge on any atom is -0.304 e. The third kappa shape index (κ3) is 3.16. The summed E-state index contributed by atoms with van der Waals surface area (Å²) in [5.41, 5.74) is 2.10. The number of nitrogens with zero attached hydrogens (tertiary/aromatic N) is 3. The molecular weight excluding hydrogens is 412 g/mol. The normalized spacial score (nSPS) is 20.0. The van der Waals surface area contributed by atoms with E-state index in [1.165, 1.54) is 16.2 Å². The smallest absolute Gasteiger partial charge is 0.228 e. The number of carbonyl (C=O) groups is 1. The van der Waals surface area contributed by atoms with Crippen molar-refractivity contribution < 1.29 is 4.79 Å². The molecule has 26 heavy (non-hydrogen) atoms. The van der Waals surface area contributed by atoms with Crippen molar-refractivity contribution in [2.45, 2.75) is 25.2 Å². The summed E-state index contributed by atoms with van der Waals surface area (Å²) in [5.74, 6) is 0.251. The predicted molar refractivity (Wildman–Crippen MR) is 104 cm³/mol. The van der Waals surface area contributed by atoms with Gasteiger partial charge in [-0.15, -0.1) is 11.3 Å². The fourth-order valence-corrected chi connectivity index (χ4v) is 5.02. The van der Waals surface area contributed by atoms with Gasteiger partial charge in [0.05, 0.1) is 27.1 Å². The van der Waals surface area contributed by atoms with E-state index in [9.17, 15) is 15.3 Å². The predicted octanol–water partition coefficient (Wildman–Crippen LogP) is 4.41. The molecule has 1 aliphatic rings. The molecule has 0 aliphatic carbocycles. The Morgan fingerprint density at radius 3 is 2.35 bits per heavy atom. The topological polar surface area (TPSA) is 91.7 Å². The molecule has 1 aromatic heterocycles. The van der Waals surface area contributed by atoms with Crippen molar-refractivity contribution in [3.05, 3.63) is 44.1 Å². The SMILES string of the molecule is CN1C(=N)C[C@](C)(c2cc(-c3cc(C#N)cc(C#N)c3)c(Br)s2)CC1=O. The van der Waals surface area contributed by atoms with Gasteiger partial charge >= 0.3 is 0 Å². The number of hydrogen-bond acceptors (Lipinski definition) is 5. The fraction of sp³-hybridized carbons (Fsp3) is 0.263. The van der Waals surface area contributed by atoms with Gasteiger partial charge in [-0.25, -0.2) is 0 Å². The Labute approximate surface area is 164 Å². The third-order valence-electron chi connectivity index (χ3n) is 4.66. The summed E-state index contributed by atoms with van der Waals surface area (Å²) < 4.78 is 0.880. The maximum atomic E-state index is 12.2. The lowest BCUT2D eigenvalue weighted by Gasteiger charge is -2.36. The Balaban J connectivity index is 2.06. The molecule has 0 saturated carbocycles. The van der Waals surface area contributed by atoms with E-state index in [1.807, 2.05) is 13.0 Å². The van der Waals surface area contributed by atoms with E-state index in [4.69, 9.17) is 5.41 Å². The Morgan fingerprint density at radius 1 is 1.19 bits per heavy atom. The number of likely N-dealkylation sites (tertiary alicyclic amines) is 1. The van der Waals surface area contributed by atoms with Gasteiger partial charge in [-0.2, -0.15) is 10.5 Å². The van der Waals surface area contributed by atoms with Crippen molar-refractivity contribution in [2.24, 2.45) is 0 Å². The number of nitrogens with one attached hydrogen (secondary N) is 1. The van der Waals surface area contributed by atoms with Crippen LogP contribution in [0.5, 0.6) is 0 Å². The van der Waals surface area contributed by atoms with Crippen LogP contribution in [0, 0.1) is 28.1 Å². The second-order valence-corrected chi connectivity index (χ2v) is 9.00. The highest BCUT2D eigenvalue weighted by molar-refractivity contribution is 9.11. The second-order valence-electron chi connectivity index (χ2n) is 6.63. The molecule has 1 amide bonds. The molecule has 7 heteroatoms. The molecule has 5 nitrogen and oxygen atoms in total. The molecule has 1 fully saturated rings. The van der Waals surface area contributed by atoms with Gasteiger partial charge in [0.25, 0.3) is 0 Å². The van der Waals surface area contributed by atoms with Crippen LogP contribution in [0.4, 0.5) is 0 Å². The maximum Gasteiger partial charge on any atom is 0.228 e. The maximum absolute atomic E-state index is 12.2. The van der Waals surface area contributed by atoms with Gasteiger partial charge in [0.2, 0.25) is 5.91 Å². The van der Waals surface area contributed by atoms with E-state index in [0.29, 0.717) is 29.8 Å². The zero-order chi connectivity index (χ0) is 19.1. The molecule has 2 aromatic rings. The van der Waals surface area contributed by atoms with Gasteiger partial charge in [0.1, 0.15) is 5.84 Å². The van der Waals surface area contributed by atoms with Crippen LogP contribution in [0.2, 0.25) is 0 Å². The lowest BCUT2D eigenvalue weighted by molar-refractivity contribution is -0.128. The van der Waals surface area contributed by atoms with Crippen molar-refractivity contribution in [1.82, 2.24) is 4.90 Å². The number of rotatable bonds is 2. The van der Waals surface area contributed by atoms with Crippen molar-refractivity contribution in [3.63, 3.8) is 0 Å². The van der Waals surface area contributed by atoms with E-state index in [1.54, 1.807) is 25.2 Å². The van der Waals surface area contributed by atoms with Crippen LogP contribution in [0.15, 0.2) is 28.1 Å². The van der Waals surface area contributed by atoms with E-state index >= 15 is 0 Å². The Bertz CT molecular complexity index is 961. The standard InChI is InChI=1S/C19H15BrN4OS/c1-19(7-16(23)24(2)17(25)8-19)15-6-14(18(20)26-15)13-4-11(9-21)3-12(5-13)10-22/h3-6,23H,7-8H2,1-2H3/t19-/m0/s1. The second kappa shape index (κ2) is 6.68. The Kier molecular flexibility index (Phi) is 4.70. The van der Waals surface area contributed by atoms with Crippen LogP contribution < -0.4 is 0 Å². The minimum absolute atomic E-state index is 0.0620. The van der Waals surface area contributed by atoms with Gasteiger partial charge in [-0.3, -0.25) is 10.2 Å². The average Bonchev–Trinajstić information content (AvgIpc) is 3.01. The largest absolute Gasteiger partial charge is 0.304 e. The van der Waals surface area contributed by atoms with Crippen LogP contribution in [0.1, 0.15) is 35.8 Å². The molecule has 0 bridgehead atoms. The first-order chi connectivity index (χ1) is 12.3. The summed E-state index contributed by atoms with van der Waals surface area (Å²) in [5, 5.41) is 26.5. The van der Waals surface area contributed by atoms with E-state index in [-0.39, 0.29) is 5.91 Å². The molecule has 1 saturated heterocycles. The number of hydrogen-bond donors (Lipinski definition) is 1. The number of nitriles is 2. The first-order valence-electron chi connectivity index (χ1n) is 7.87. The van der Waals surface area contributed by atoms with Crippen molar-refractivity contribution in [3.8, 4) is 23.3 Å². The monoisotopic (exact) mass is 426 g/mol. The van der Waals surface area contributed by atoms with E-state index in [2.05, 4.69) is 28.1 Å². The number of piperidine rings is 1. The van der Waals surface area contributed by atoms with Crippen LogP contribution in [-0.2, 0) is 10.2 Å². The van der Waals surface area contributed by atoms with E-state index < -0.39 is 5.41 Å². The zero-order valence-corrected chi connectivity index (χ0v) is 16.7. The van der Waals surface area contributed by atoms with Crippen molar-refractivity contribution >= 4 is 39.0 Å². The number of halogens is 1. The van der Waals surface area contributed by atoms with Crippen molar-refractivity contribution in [1.29, 1.82) is 15.9 Å². The summed E-state index contributed by atoms with van der Waals surface area (Å²) in [6, 6.07) is 11.2. The molecule has 0 radical (unpaired) electrons. The van der Waals surface area contributed by atoms with E-state index in [0.717, 1.165) is 19.8 Å². The Hall–Kier alpha value is -2.48. The lowest BCUT2D eigenvalue weighted by atomic mass is 9.78. The quantitative estimate of drug-likeness (QED) is 0.770. The average molecular weight is 427 g/mol. The molecule has 1 N–H and O–H groups in total. The Morgan fingerprint density at radius 2 is 1.81 bits per heavy atom. The summed E-state index contributed by atoms with van der Waals surface area (Å²) in [7, 11) is 1.64. The molecule has 3 rings (SSSR count). The van der Waals surface area contributed by atoms with Gasteiger partial charge in [-0.1, -0.05) is 6.92 Å². The fourth-order valence-electron chi connectivity index (χ4n) is 3.10. The lowest BCUT2D eigenvalue weighted by Crippen LogP contribution is -2.46. The molecule has 1 aromatic carbocycles. The summed E-state index contributed by atoms with van der Waals surface area (Å²) in [6.45, 7) is 2.00. The number of carbonyl (C=O) groups excluding carboxylic acids is 1. The van der Waals surface area contributed by atoms with Crippen LogP contribution in [-0.4, -0.2) is 23.7 Å². The molecule has 0 unspecified atom stereocenters. The first kappa shape index (κ1) is 18.3. The van der Waals surface area contributed by atoms with Gasteiger partial charge < -0.3 is 4.90 Å². The van der Waals surface area contributed by atoms with Crippen LogP contribution in [0.3, 0.4) is 0 Å². The van der Waals surface area contributed by atoms with Gasteiger partial charge in [-0.05, 0) is 45.8 Å². The molecule has 130 valence electrons. The summed E-state index contributed by atoms with van der Waals surface area (Å²) in [4.78, 5) is 14.6. The summed E-state index contributed by atoms with van der Waals surface area (Å²) >= 11 is 5.11. The summed E-state index contributed by atoms with van der Waals surface area (Å²) in [6.07, 6.45) is 0.837. The highest BCUT2D eigenvalue weighted by Gasteiger charge is 2.39. The minimum atomic E-state index is -0.434. The van der Waals surface area contributed by atoms with Gasteiger partial charge in [0.15, 0.2) is 0 Å². The highest BCUT2D eigenvalue weighted by Crippen LogP contribution is 2.45. The first-order valence-corrected chi connectivity index (χ1v) is 9.48. The molecule has 1 aliphatic heterocycles. The molecular formula is C19H15BrN4OS. The number of amidine groups is 1. The molecule has 0 spiro atoms. The zero-order valence-electron chi connectivity index (χ0n) is 14.3. The third-order valence-corrected chi connectivity index (χ3v) is 6.80. The molecule has 2 heterocycles. The van der Waals surface area contributed by atoms with Gasteiger partial charge in [0, 0.05) is 35.7 Å². The van der Waals surface area contributed by atoms with Crippen LogP contribution >= 0.6 is 27.3 Å².